The number of hydrogen-bond acceptors (Lipinski definition) is 3. The van der Waals surface area contributed by atoms with E-state index in [1.165, 1.54) is 5.56 Å². The van der Waals surface area contributed by atoms with Crippen molar-refractivity contribution in [1.82, 2.24) is 20.4 Å². The molecule has 0 fully saturated rings. The Balaban J connectivity index is 1.85. The maximum Gasteiger partial charge on any atom is 0.191 e. The fraction of sp³-hybridized carbons (Fsp3) is 0.524. The maximum atomic E-state index is 5.60. The molecule has 6 nitrogen and oxygen atoms in total. The van der Waals surface area contributed by atoms with E-state index in [0.717, 1.165) is 49.2 Å². The van der Waals surface area contributed by atoms with Gasteiger partial charge in [0.1, 0.15) is 0 Å². The first kappa shape index (κ1) is 21.0. The van der Waals surface area contributed by atoms with Gasteiger partial charge in [0.25, 0.3) is 0 Å². The van der Waals surface area contributed by atoms with Crippen LogP contribution in [0.15, 0.2) is 35.3 Å². The van der Waals surface area contributed by atoms with E-state index in [1.54, 1.807) is 7.05 Å². The molecule has 0 atom stereocenters. The van der Waals surface area contributed by atoms with Crippen molar-refractivity contribution in [2.75, 3.05) is 26.8 Å². The van der Waals surface area contributed by atoms with Crippen LogP contribution in [0.4, 0.5) is 0 Å². The summed E-state index contributed by atoms with van der Waals surface area (Å²) in [7, 11) is 1.79. The van der Waals surface area contributed by atoms with Crippen molar-refractivity contribution in [2.24, 2.45) is 10.9 Å². The normalized spacial score (nSPS) is 11.9. The maximum absolute atomic E-state index is 5.60. The minimum atomic E-state index is 0.579. The van der Waals surface area contributed by atoms with Crippen LogP contribution in [0.25, 0.3) is 5.69 Å². The van der Waals surface area contributed by atoms with Gasteiger partial charge in [0.05, 0.1) is 11.4 Å². The molecule has 0 amide bonds. The summed E-state index contributed by atoms with van der Waals surface area (Å²) in [4.78, 5) is 4.30. The Morgan fingerprint density at radius 1 is 1.19 bits per heavy atom. The third-order valence-electron chi connectivity index (χ3n) is 4.31. The number of aromatic nitrogens is 2. The lowest BCUT2D eigenvalue weighted by Gasteiger charge is -2.13. The van der Waals surface area contributed by atoms with Crippen LogP contribution >= 0.6 is 0 Å². The Labute approximate surface area is 163 Å². The van der Waals surface area contributed by atoms with Gasteiger partial charge in [-0.1, -0.05) is 32.0 Å². The summed E-state index contributed by atoms with van der Waals surface area (Å²) in [5, 5.41) is 11.4. The molecule has 0 spiro atoms. The van der Waals surface area contributed by atoms with Gasteiger partial charge in [-0.05, 0) is 38.3 Å². The second kappa shape index (κ2) is 10.7. The Kier molecular flexibility index (Phi) is 8.33. The van der Waals surface area contributed by atoms with E-state index in [2.05, 4.69) is 48.5 Å². The van der Waals surface area contributed by atoms with Gasteiger partial charge in [0.15, 0.2) is 5.96 Å². The fourth-order valence-corrected chi connectivity index (χ4v) is 2.84. The summed E-state index contributed by atoms with van der Waals surface area (Å²) < 4.78 is 7.60. The average molecular weight is 372 g/mol. The molecule has 1 aromatic carbocycles. The number of aryl methyl sites for hydroxylation is 1. The molecule has 2 N–H and O–H groups in total. The van der Waals surface area contributed by atoms with Crippen LogP contribution in [-0.2, 0) is 11.3 Å². The van der Waals surface area contributed by atoms with E-state index in [0.29, 0.717) is 12.5 Å². The van der Waals surface area contributed by atoms with Crippen LogP contribution in [0.2, 0.25) is 0 Å². The molecule has 0 saturated carbocycles. The highest BCUT2D eigenvalue weighted by Gasteiger charge is 2.13. The lowest BCUT2D eigenvalue weighted by atomic mass is 10.2. The van der Waals surface area contributed by atoms with Crippen molar-refractivity contribution in [2.45, 2.75) is 40.7 Å². The lowest BCUT2D eigenvalue weighted by molar-refractivity contribution is 0.108. The zero-order chi connectivity index (χ0) is 19.6. The molecule has 6 heteroatoms. The lowest BCUT2D eigenvalue weighted by Crippen LogP contribution is -2.37. The second-order valence-corrected chi connectivity index (χ2v) is 7.07. The van der Waals surface area contributed by atoms with Crippen molar-refractivity contribution in [3.63, 3.8) is 0 Å². The molecule has 2 aromatic rings. The minimum Gasteiger partial charge on any atom is -0.381 e. The van der Waals surface area contributed by atoms with E-state index >= 15 is 0 Å². The van der Waals surface area contributed by atoms with Crippen LogP contribution in [0.1, 0.15) is 37.2 Å². The summed E-state index contributed by atoms with van der Waals surface area (Å²) in [6.07, 6.45) is 0.956. The molecule has 0 aliphatic rings. The highest BCUT2D eigenvalue weighted by Crippen LogP contribution is 2.17. The van der Waals surface area contributed by atoms with E-state index in [4.69, 9.17) is 9.84 Å². The first-order chi connectivity index (χ1) is 13.0. The Bertz CT molecular complexity index is 722. The number of aliphatic imine (C=N–C) groups is 1. The predicted octanol–water partition coefficient (Wildman–Crippen LogP) is 3.22. The van der Waals surface area contributed by atoms with Crippen LogP contribution < -0.4 is 10.6 Å². The van der Waals surface area contributed by atoms with Crippen molar-refractivity contribution in [3.8, 4) is 5.69 Å². The zero-order valence-electron chi connectivity index (χ0n) is 17.2. The molecule has 148 valence electrons. The third kappa shape index (κ3) is 6.40. The molecule has 1 aromatic heterocycles. The number of benzene rings is 1. The monoisotopic (exact) mass is 371 g/mol. The molecule has 1 heterocycles. The van der Waals surface area contributed by atoms with Crippen LogP contribution in [0.5, 0.6) is 0 Å². The van der Waals surface area contributed by atoms with Gasteiger partial charge in [-0.25, -0.2) is 4.68 Å². The predicted molar refractivity (Wildman–Crippen MR) is 112 cm³/mol. The van der Waals surface area contributed by atoms with E-state index in [-0.39, 0.29) is 0 Å². The molecular formula is C21H33N5O. The molecule has 0 unspecified atom stereocenters. The van der Waals surface area contributed by atoms with Crippen LogP contribution in [0, 0.1) is 19.8 Å². The molecule has 0 saturated heterocycles. The highest BCUT2D eigenvalue weighted by atomic mass is 16.5. The molecule has 0 aliphatic heterocycles. The summed E-state index contributed by atoms with van der Waals surface area (Å²) >= 11 is 0. The van der Waals surface area contributed by atoms with Crippen molar-refractivity contribution >= 4 is 5.96 Å². The fourth-order valence-electron chi connectivity index (χ4n) is 2.84. The molecule has 0 aliphatic carbocycles. The van der Waals surface area contributed by atoms with Gasteiger partial charge >= 0.3 is 0 Å². The van der Waals surface area contributed by atoms with Crippen LogP contribution in [0.3, 0.4) is 0 Å². The Morgan fingerprint density at radius 3 is 2.59 bits per heavy atom. The SMILES string of the molecule is CN=C(NCCCOCC(C)C)NCc1c(C)nn(-c2ccccc2)c1C. The van der Waals surface area contributed by atoms with Gasteiger partial charge in [0.2, 0.25) is 0 Å². The number of para-hydroxylation sites is 1. The highest BCUT2D eigenvalue weighted by molar-refractivity contribution is 5.79. The summed E-state index contributed by atoms with van der Waals surface area (Å²) in [5.74, 6) is 1.38. The quantitative estimate of drug-likeness (QED) is 0.404. The summed E-state index contributed by atoms with van der Waals surface area (Å²) in [6.45, 7) is 11.6. The minimum absolute atomic E-state index is 0.579. The van der Waals surface area contributed by atoms with Crippen molar-refractivity contribution < 1.29 is 4.74 Å². The van der Waals surface area contributed by atoms with Gasteiger partial charge < -0.3 is 15.4 Å². The van der Waals surface area contributed by atoms with E-state index < -0.39 is 0 Å². The molecule has 0 bridgehead atoms. The number of hydrogen-bond donors (Lipinski definition) is 2. The molecule has 2 rings (SSSR count). The largest absolute Gasteiger partial charge is 0.381 e. The zero-order valence-corrected chi connectivity index (χ0v) is 17.2. The molecular weight excluding hydrogens is 338 g/mol. The van der Waals surface area contributed by atoms with E-state index in [9.17, 15) is 0 Å². The smallest absolute Gasteiger partial charge is 0.191 e. The van der Waals surface area contributed by atoms with Crippen LogP contribution in [-0.4, -0.2) is 42.5 Å². The third-order valence-corrected chi connectivity index (χ3v) is 4.31. The average Bonchev–Trinajstić information content (AvgIpc) is 2.95. The standard InChI is InChI=1S/C21H33N5O/c1-16(2)15-27-13-9-12-23-21(22-5)24-14-20-17(3)25-26(18(20)4)19-10-7-6-8-11-19/h6-8,10-11,16H,9,12-15H2,1-5H3,(H2,22,23,24). The second-order valence-electron chi connectivity index (χ2n) is 7.07. The number of rotatable bonds is 9. The molecule has 27 heavy (non-hydrogen) atoms. The first-order valence-corrected chi connectivity index (χ1v) is 9.65. The first-order valence-electron chi connectivity index (χ1n) is 9.65. The number of nitrogens with zero attached hydrogens (tertiary/aromatic N) is 3. The van der Waals surface area contributed by atoms with Gasteiger partial charge in [-0.15, -0.1) is 0 Å². The Hall–Kier alpha value is -2.34. The Morgan fingerprint density at radius 2 is 1.93 bits per heavy atom. The number of nitrogens with one attached hydrogen (secondary N) is 2. The van der Waals surface area contributed by atoms with Crippen molar-refractivity contribution in [3.05, 3.63) is 47.3 Å². The van der Waals surface area contributed by atoms with Crippen molar-refractivity contribution in [1.29, 1.82) is 0 Å². The number of guanidine groups is 1. The summed E-state index contributed by atoms with van der Waals surface area (Å²) in [6, 6.07) is 10.2. The van der Waals surface area contributed by atoms with E-state index in [1.807, 2.05) is 29.8 Å². The molecule has 0 radical (unpaired) electrons. The van der Waals surface area contributed by atoms with Gasteiger partial charge in [-0.3, -0.25) is 4.99 Å². The topological polar surface area (TPSA) is 63.5 Å². The van der Waals surface area contributed by atoms with Gasteiger partial charge in [0, 0.05) is 44.6 Å². The number of ether oxygens (including phenoxy) is 1. The summed E-state index contributed by atoms with van der Waals surface area (Å²) in [5.41, 5.74) is 4.44. The van der Waals surface area contributed by atoms with Gasteiger partial charge in [-0.2, -0.15) is 5.10 Å².